The van der Waals surface area contributed by atoms with Crippen molar-refractivity contribution < 1.29 is 4.84 Å². The topological polar surface area (TPSA) is 28.6 Å². The van der Waals surface area contributed by atoms with E-state index in [0.29, 0.717) is 6.04 Å². The van der Waals surface area contributed by atoms with E-state index in [2.05, 4.69) is 71.3 Å². The molecule has 1 aromatic heterocycles. The van der Waals surface area contributed by atoms with Crippen LogP contribution in [0.3, 0.4) is 0 Å². The molecule has 2 aliphatic rings. The first-order valence-corrected chi connectivity index (χ1v) is 8.82. The second kappa shape index (κ2) is 5.88. The van der Waals surface area contributed by atoms with Gasteiger partial charge in [0.1, 0.15) is 6.10 Å². The molecule has 0 saturated carbocycles. The zero-order valence-electron chi connectivity index (χ0n) is 15.3. The molecule has 4 heteroatoms. The Kier molecular flexibility index (Phi) is 3.80. The Morgan fingerprint density at radius 1 is 1.20 bits per heavy atom. The third-order valence-electron chi connectivity index (χ3n) is 5.47. The third kappa shape index (κ3) is 2.71. The predicted molar refractivity (Wildman–Crippen MR) is 103 cm³/mol. The minimum Gasteiger partial charge on any atom is -0.376 e. The SMILES string of the molecule is CN(C)c1ccc(C=CC2ON3c4ccccc4CC3C2(C)C)nc1. The fourth-order valence-corrected chi connectivity index (χ4v) is 3.73. The molecule has 0 spiro atoms. The van der Waals surface area contributed by atoms with Crippen molar-refractivity contribution >= 4 is 17.5 Å². The van der Waals surface area contributed by atoms with Gasteiger partial charge in [-0.25, -0.2) is 5.06 Å². The van der Waals surface area contributed by atoms with Crippen molar-refractivity contribution in [3.05, 3.63) is 59.9 Å². The van der Waals surface area contributed by atoms with Crippen molar-refractivity contribution in [1.82, 2.24) is 4.98 Å². The number of para-hydroxylation sites is 1. The maximum Gasteiger partial charge on any atom is 0.111 e. The van der Waals surface area contributed by atoms with Crippen LogP contribution in [0.5, 0.6) is 0 Å². The van der Waals surface area contributed by atoms with Gasteiger partial charge in [0.25, 0.3) is 0 Å². The van der Waals surface area contributed by atoms with E-state index in [-0.39, 0.29) is 11.5 Å². The highest BCUT2D eigenvalue weighted by Gasteiger charge is 2.52. The first-order chi connectivity index (χ1) is 12.0. The molecule has 3 heterocycles. The number of hydrogen-bond donors (Lipinski definition) is 0. The monoisotopic (exact) mass is 335 g/mol. The first-order valence-electron chi connectivity index (χ1n) is 8.82. The number of anilines is 2. The fraction of sp³-hybridized carbons (Fsp3) is 0.381. The van der Waals surface area contributed by atoms with E-state index < -0.39 is 0 Å². The lowest BCUT2D eigenvalue weighted by Gasteiger charge is -2.26. The van der Waals surface area contributed by atoms with Gasteiger partial charge in [-0.15, -0.1) is 0 Å². The molecule has 0 bridgehead atoms. The smallest absolute Gasteiger partial charge is 0.111 e. The van der Waals surface area contributed by atoms with Gasteiger partial charge in [-0.3, -0.25) is 9.82 Å². The van der Waals surface area contributed by atoms with Gasteiger partial charge >= 0.3 is 0 Å². The highest BCUT2D eigenvalue weighted by molar-refractivity contribution is 5.59. The second-order valence-electron chi connectivity index (χ2n) is 7.72. The molecule has 0 amide bonds. The fourth-order valence-electron chi connectivity index (χ4n) is 3.73. The number of aromatic nitrogens is 1. The molecule has 1 fully saturated rings. The summed E-state index contributed by atoms with van der Waals surface area (Å²) in [6.45, 7) is 4.59. The number of fused-ring (bicyclic) bond motifs is 3. The van der Waals surface area contributed by atoms with E-state index in [0.717, 1.165) is 17.8 Å². The second-order valence-corrected chi connectivity index (χ2v) is 7.72. The van der Waals surface area contributed by atoms with Crippen LogP contribution in [0.15, 0.2) is 48.7 Å². The van der Waals surface area contributed by atoms with Gasteiger partial charge < -0.3 is 4.90 Å². The lowest BCUT2D eigenvalue weighted by atomic mass is 9.78. The molecule has 0 N–H and O–H groups in total. The quantitative estimate of drug-likeness (QED) is 0.850. The molecular weight excluding hydrogens is 310 g/mol. The summed E-state index contributed by atoms with van der Waals surface area (Å²) in [4.78, 5) is 12.9. The van der Waals surface area contributed by atoms with E-state index in [1.807, 2.05) is 26.4 Å². The normalized spacial score (nSPS) is 23.8. The summed E-state index contributed by atoms with van der Waals surface area (Å²) in [5.41, 5.74) is 4.69. The summed E-state index contributed by atoms with van der Waals surface area (Å²) in [5, 5.41) is 2.12. The zero-order chi connectivity index (χ0) is 17.6. The molecule has 4 rings (SSSR count). The van der Waals surface area contributed by atoms with Crippen molar-refractivity contribution in [3.63, 3.8) is 0 Å². The Bertz CT molecular complexity index is 795. The van der Waals surface area contributed by atoms with Gasteiger partial charge in [-0.1, -0.05) is 38.1 Å². The summed E-state index contributed by atoms with van der Waals surface area (Å²) in [7, 11) is 4.04. The van der Waals surface area contributed by atoms with Crippen molar-refractivity contribution in [2.45, 2.75) is 32.4 Å². The van der Waals surface area contributed by atoms with Crippen LogP contribution < -0.4 is 9.96 Å². The van der Waals surface area contributed by atoms with Crippen LogP contribution in [0.1, 0.15) is 25.1 Å². The Labute approximate surface area is 149 Å². The average molecular weight is 335 g/mol. The van der Waals surface area contributed by atoms with Crippen molar-refractivity contribution in [3.8, 4) is 0 Å². The molecule has 1 saturated heterocycles. The van der Waals surface area contributed by atoms with E-state index in [1.54, 1.807) is 0 Å². The first kappa shape index (κ1) is 16.2. The van der Waals surface area contributed by atoms with Crippen LogP contribution in [0, 0.1) is 5.41 Å². The number of rotatable bonds is 3. The average Bonchev–Trinajstić information content (AvgIpc) is 3.08. The standard InChI is InChI=1S/C21H25N3O/c1-21(2)19-13-15-7-5-6-8-18(15)24(19)25-20(21)12-10-16-9-11-17(14-22-16)23(3)4/h5-12,14,19-20H,13H2,1-4H3. The molecule has 2 unspecified atom stereocenters. The number of pyridine rings is 1. The maximum atomic E-state index is 6.32. The zero-order valence-corrected chi connectivity index (χ0v) is 15.3. The van der Waals surface area contributed by atoms with Gasteiger partial charge in [0.05, 0.1) is 29.3 Å². The third-order valence-corrected chi connectivity index (χ3v) is 5.47. The molecular formula is C21H25N3O. The lowest BCUT2D eigenvalue weighted by molar-refractivity contribution is 0.0849. The van der Waals surface area contributed by atoms with Crippen molar-refractivity contribution in [2.75, 3.05) is 24.1 Å². The van der Waals surface area contributed by atoms with E-state index >= 15 is 0 Å². The number of hydrogen-bond acceptors (Lipinski definition) is 4. The van der Waals surface area contributed by atoms with E-state index in [1.165, 1.54) is 11.3 Å². The Morgan fingerprint density at radius 2 is 2.00 bits per heavy atom. The minimum absolute atomic E-state index is 0.0408. The largest absolute Gasteiger partial charge is 0.376 e. The summed E-state index contributed by atoms with van der Waals surface area (Å²) in [6, 6.07) is 13.0. The Morgan fingerprint density at radius 3 is 2.72 bits per heavy atom. The van der Waals surface area contributed by atoms with E-state index in [4.69, 9.17) is 4.84 Å². The highest BCUT2D eigenvalue weighted by atomic mass is 16.7. The van der Waals surface area contributed by atoms with Crippen LogP contribution in [-0.4, -0.2) is 31.2 Å². The summed E-state index contributed by atoms with van der Waals surface area (Å²) in [5.74, 6) is 0. The van der Waals surface area contributed by atoms with Gasteiger partial charge in [0.15, 0.2) is 0 Å². The van der Waals surface area contributed by atoms with Gasteiger partial charge in [-0.05, 0) is 36.3 Å². The number of hydroxylamine groups is 1. The summed E-state index contributed by atoms with van der Waals surface area (Å²) >= 11 is 0. The molecule has 0 aliphatic carbocycles. The van der Waals surface area contributed by atoms with Crippen LogP contribution in [0.2, 0.25) is 0 Å². The van der Waals surface area contributed by atoms with Gasteiger partial charge in [0, 0.05) is 19.5 Å². The van der Waals surface area contributed by atoms with Gasteiger partial charge in [-0.2, -0.15) is 0 Å². The molecule has 2 aromatic rings. The molecule has 2 aliphatic heterocycles. The van der Waals surface area contributed by atoms with Gasteiger partial charge in [0.2, 0.25) is 0 Å². The van der Waals surface area contributed by atoms with Crippen LogP contribution in [-0.2, 0) is 11.3 Å². The highest BCUT2D eigenvalue weighted by Crippen LogP contribution is 2.48. The van der Waals surface area contributed by atoms with Crippen LogP contribution in [0.25, 0.3) is 6.08 Å². The predicted octanol–water partition coefficient (Wildman–Crippen LogP) is 3.93. The van der Waals surface area contributed by atoms with E-state index in [9.17, 15) is 0 Å². The summed E-state index contributed by atoms with van der Waals surface area (Å²) < 4.78 is 0. The molecule has 0 radical (unpaired) electrons. The molecule has 4 nitrogen and oxygen atoms in total. The van der Waals surface area contributed by atoms with Crippen molar-refractivity contribution in [1.29, 1.82) is 0 Å². The minimum atomic E-state index is 0.0408. The number of nitrogens with zero attached hydrogens (tertiary/aromatic N) is 3. The molecule has 2 atom stereocenters. The van der Waals surface area contributed by atoms with Crippen LogP contribution in [0.4, 0.5) is 11.4 Å². The summed E-state index contributed by atoms with van der Waals surface area (Å²) in [6.07, 6.45) is 7.21. The maximum absolute atomic E-state index is 6.32. The van der Waals surface area contributed by atoms with Crippen LogP contribution >= 0.6 is 0 Å². The molecule has 25 heavy (non-hydrogen) atoms. The molecule has 130 valence electrons. The number of benzene rings is 1. The lowest BCUT2D eigenvalue weighted by Crippen LogP contribution is -2.36. The van der Waals surface area contributed by atoms with Crippen molar-refractivity contribution in [2.24, 2.45) is 5.41 Å². The Hall–Kier alpha value is -2.33. The Balaban J connectivity index is 1.54. The molecule has 1 aromatic carbocycles.